The first-order valence-electron chi connectivity index (χ1n) is 6.34. The average molecular weight is 218 g/mol. The minimum Gasteiger partial charge on any atom is -0.301 e. The quantitative estimate of drug-likeness (QED) is 0.758. The molecule has 0 bridgehead atoms. The van der Waals surface area contributed by atoms with Crippen LogP contribution < -0.4 is 0 Å². The van der Waals surface area contributed by atoms with Gasteiger partial charge in [-0.1, -0.05) is 6.07 Å². The third-order valence-corrected chi connectivity index (χ3v) is 3.75. The van der Waals surface area contributed by atoms with Crippen LogP contribution in [-0.2, 0) is 0 Å². The first kappa shape index (κ1) is 11.6. The van der Waals surface area contributed by atoms with Gasteiger partial charge in [0.15, 0.2) is 0 Å². The standard InChI is InChI=1S/C14H22N2/c1-11(2)16-9-6-13(7-10-16)14-5-4-8-15-12(14)3/h4-5,8,11,13H,6-7,9-10H2,1-3H3. The highest BCUT2D eigenvalue weighted by atomic mass is 15.1. The van der Waals surface area contributed by atoms with E-state index in [1.807, 2.05) is 6.20 Å². The summed E-state index contributed by atoms with van der Waals surface area (Å²) in [5, 5.41) is 0. The van der Waals surface area contributed by atoms with Crippen molar-refractivity contribution in [2.75, 3.05) is 13.1 Å². The Morgan fingerprint density at radius 2 is 2.00 bits per heavy atom. The van der Waals surface area contributed by atoms with Crippen LogP contribution in [0.15, 0.2) is 18.3 Å². The van der Waals surface area contributed by atoms with Gasteiger partial charge in [0, 0.05) is 17.9 Å². The Morgan fingerprint density at radius 1 is 1.31 bits per heavy atom. The van der Waals surface area contributed by atoms with Gasteiger partial charge in [-0.05, 0) is 64.3 Å². The molecule has 2 heteroatoms. The number of hydrogen-bond donors (Lipinski definition) is 0. The van der Waals surface area contributed by atoms with E-state index in [-0.39, 0.29) is 0 Å². The van der Waals surface area contributed by atoms with E-state index in [1.165, 1.54) is 37.2 Å². The zero-order chi connectivity index (χ0) is 11.5. The molecule has 1 aromatic rings. The summed E-state index contributed by atoms with van der Waals surface area (Å²) in [7, 11) is 0. The Balaban J connectivity index is 2.02. The van der Waals surface area contributed by atoms with E-state index in [4.69, 9.17) is 0 Å². The van der Waals surface area contributed by atoms with Gasteiger partial charge in [0.25, 0.3) is 0 Å². The van der Waals surface area contributed by atoms with Crippen LogP contribution >= 0.6 is 0 Å². The van der Waals surface area contributed by atoms with Gasteiger partial charge < -0.3 is 4.90 Å². The second-order valence-electron chi connectivity index (χ2n) is 5.08. The van der Waals surface area contributed by atoms with E-state index >= 15 is 0 Å². The Morgan fingerprint density at radius 3 is 2.56 bits per heavy atom. The normalized spacial score (nSPS) is 19.2. The lowest BCUT2D eigenvalue weighted by atomic mass is 9.88. The molecule has 2 heterocycles. The van der Waals surface area contributed by atoms with Gasteiger partial charge >= 0.3 is 0 Å². The van der Waals surface area contributed by atoms with Gasteiger partial charge in [-0.3, -0.25) is 4.98 Å². The summed E-state index contributed by atoms with van der Waals surface area (Å²) in [5.41, 5.74) is 2.68. The van der Waals surface area contributed by atoms with Crippen molar-refractivity contribution in [2.24, 2.45) is 0 Å². The summed E-state index contributed by atoms with van der Waals surface area (Å²) in [4.78, 5) is 6.97. The van der Waals surface area contributed by atoms with E-state index in [0.717, 1.165) is 5.92 Å². The van der Waals surface area contributed by atoms with E-state index < -0.39 is 0 Å². The fraction of sp³-hybridized carbons (Fsp3) is 0.643. The minimum atomic E-state index is 0.691. The molecule has 0 aromatic carbocycles. The fourth-order valence-electron chi connectivity index (χ4n) is 2.66. The third-order valence-electron chi connectivity index (χ3n) is 3.75. The Hall–Kier alpha value is -0.890. The van der Waals surface area contributed by atoms with Crippen molar-refractivity contribution in [1.29, 1.82) is 0 Å². The van der Waals surface area contributed by atoms with Crippen LogP contribution in [0.1, 0.15) is 43.9 Å². The fourth-order valence-corrected chi connectivity index (χ4v) is 2.66. The van der Waals surface area contributed by atoms with Crippen LogP contribution in [0, 0.1) is 6.92 Å². The van der Waals surface area contributed by atoms with E-state index in [0.29, 0.717) is 6.04 Å². The molecule has 1 fully saturated rings. The molecule has 1 aliphatic heterocycles. The van der Waals surface area contributed by atoms with Crippen LogP contribution in [-0.4, -0.2) is 29.0 Å². The molecule has 1 aromatic heterocycles. The molecule has 0 N–H and O–H groups in total. The van der Waals surface area contributed by atoms with Crippen LogP contribution in [0.5, 0.6) is 0 Å². The molecule has 0 amide bonds. The average Bonchev–Trinajstić information content (AvgIpc) is 2.30. The first-order chi connectivity index (χ1) is 7.68. The number of aromatic nitrogens is 1. The Kier molecular flexibility index (Phi) is 3.59. The van der Waals surface area contributed by atoms with Crippen molar-refractivity contribution < 1.29 is 0 Å². The van der Waals surface area contributed by atoms with Crippen molar-refractivity contribution in [3.63, 3.8) is 0 Å². The van der Waals surface area contributed by atoms with Gasteiger partial charge in [0.2, 0.25) is 0 Å². The second kappa shape index (κ2) is 4.96. The maximum atomic E-state index is 4.39. The highest BCUT2D eigenvalue weighted by molar-refractivity contribution is 5.23. The summed E-state index contributed by atoms with van der Waals surface area (Å²) < 4.78 is 0. The highest BCUT2D eigenvalue weighted by Gasteiger charge is 2.22. The Labute approximate surface area is 98.7 Å². The van der Waals surface area contributed by atoms with Crippen molar-refractivity contribution in [3.05, 3.63) is 29.6 Å². The third kappa shape index (κ3) is 2.43. The number of rotatable bonds is 2. The first-order valence-corrected chi connectivity index (χ1v) is 6.34. The lowest BCUT2D eigenvalue weighted by Gasteiger charge is -2.35. The lowest BCUT2D eigenvalue weighted by Crippen LogP contribution is -2.37. The molecule has 0 radical (unpaired) electrons. The SMILES string of the molecule is Cc1ncccc1C1CCN(C(C)C)CC1. The minimum absolute atomic E-state index is 0.691. The van der Waals surface area contributed by atoms with Crippen molar-refractivity contribution in [3.8, 4) is 0 Å². The van der Waals surface area contributed by atoms with Gasteiger partial charge in [-0.15, -0.1) is 0 Å². The molecular formula is C14H22N2. The molecule has 16 heavy (non-hydrogen) atoms. The maximum Gasteiger partial charge on any atom is 0.0407 e. The smallest absolute Gasteiger partial charge is 0.0407 e. The van der Waals surface area contributed by atoms with E-state index in [2.05, 4.69) is 42.8 Å². The zero-order valence-electron chi connectivity index (χ0n) is 10.6. The van der Waals surface area contributed by atoms with Crippen LogP contribution in [0.25, 0.3) is 0 Å². The number of nitrogens with zero attached hydrogens (tertiary/aromatic N) is 2. The van der Waals surface area contributed by atoms with Crippen LogP contribution in [0.4, 0.5) is 0 Å². The number of aryl methyl sites for hydroxylation is 1. The number of pyridine rings is 1. The predicted molar refractivity (Wildman–Crippen MR) is 67.7 cm³/mol. The molecule has 0 unspecified atom stereocenters. The number of piperidine rings is 1. The number of likely N-dealkylation sites (tertiary alicyclic amines) is 1. The van der Waals surface area contributed by atoms with E-state index in [1.54, 1.807) is 0 Å². The maximum absolute atomic E-state index is 4.39. The van der Waals surface area contributed by atoms with Crippen molar-refractivity contribution in [2.45, 2.75) is 45.6 Å². The highest BCUT2D eigenvalue weighted by Crippen LogP contribution is 2.29. The lowest BCUT2D eigenvalue weighted by molar-refractivity contribution is 0.171. The molecule has 2 rings (SSSR count). The van der Waals surface area contributed by atoms with Gasteiger partial charge in [-0.25, -0.2) is 0 Å². The predicted octanol–water partition coefficient (Wildman–Crippen LogP) is 2.98. The van der Waals surface area contributed by atoms with Crippen LogP contribution in [0.2, 0.25) is 0 Å². The van der Waals surface area contributed by atoms with E-state index in [9.17, 15) is 0 Å². The van der Waals surface area contributed by atoms with Gasteiger partial charge in [0.1, 0.15) is 0 Å². The summed E-state index contributed by atoms with van der Waals surface area (Å²) in [6, 6.07) is 5.01. The molecule has 0 saturated carbocycles. The molecule has 1 aliphatic rings. The van der Waals surface area contributed by atoms with Crippen molar-refractivity contribution in [1.82, 2.24) is 9.88 Å². The largest absolute Gasteiger partial charge is 0.301 e. The molecule has 1 saturated heterocycles. The Bertz CT molecular complexity index is 338. The summed E-state index contributed by atoms with van der Waals surface area (Å²) in [6.45, 7) is 9.17. The zero-order valence-corrected chi connectivity index (χ0v) is 10.6. The molecule has 0 aliphatic carbocycles. The summed E-state index contributed by atoms with van der Waals surface area (Å²) in [6.07, 6.45) is 4.46. The number of hydrogen-bond acceptors (Lipinski definition) is 2. The molecular weight excluding hydrogens is 196 g/mol. The molecule has 0 spiro atoms. The topological polar surface area (TPSA) is 16.1 Å². The molecule has 88 valence electrons. The second-order valence-corrected chi connectivity index (χ2v) is 5.08. The summed E-state index contributed by atoms with van der Waals surface area (Å²) >= 11 is 0. The summed E-state index contributed by atoms with van der Waals surface area (Å²) in [5.74, 6) is 0.726. The molecule has 0 atom stereocenters. The van der Waals surface area contributed by atoms with Gasteiger partial charge in [0.05, 0.1) is 0 Å². The van der Waals surface area contributed by atoms with Crippen molar-refractivity contribution >= 4 is 0 Å². The molecule has 2 nitrogen and oxygen atoms in total. The monoisotopic (exact) mass is 218 g/mol. The van der Waals surface area contributed by atoms with Crippen LogP contribution in [0.3, 0.4) is 0 Å². The van der Waals surface area contributed by atoms with Gasteiger partial charge in [-0.2, -0.15) is 0 Å².